The Morgan fingerprint density at radius 1 is 0.857 bits per heavy atom. The van der Waals surface area contributed by atoms with Crippen molar-refractivity contribution < 1.29 is 23.4 Å². The van der Waals surface area contributed by atoms with E-state index in [0.717, 1.165) is 12.8 Å². The molecule has 0 unspecified atom stereocenters. The Balaban J connectivity index is 3.07. The minimum atomic E-state index is -4.04. The summed E-state index contributed by atoms with van der Waals surface area (Å²) < 4.78 is 35.0. The second-order valence-electron chi connectivity index (χ2n) is 3.40. The zero-order chi connectivity index (χ0) is 11.0. The lowest BCUT2D eigenvalue weighted by molar-refractivity contribution is -0.135. The fourth-order valence-electron chi connectivity index (χ4n) is 1.18. The Kier molecular flexibility index (Phi) is 6.92. The Labute approximate surface area is 81.7 Å². The van der Waals surface area contributed by atoms with Gasteiger partial charge in [0, 0.05) is 6.42 Å². The van der Waals surface area contributed by atoms with E-state index < -0.39 is 18.9 Å². The number of rotatable bonds is 7. The maximum absolute atomic E-state index is 11.7. The molecule has 2 nitrogen and oxygen atoms in total. The normalized spacial score (nSPS) is 12.4. The Bertz CT molecular complexity index is 135. The van der Waals surface area contributed by atoms with E-state index in [-0.39, 0.29) is 6.42 Å². The zero-order valence-corrected chi connectivity index (χ0v) is 8.06. The van der Waals surface area contributed by atoms with Crippen molar-refractivity contribution >= 4 is 0 Å². The van der Waals surface area contributed by atoms with E-state index in [0.29, 0.717) is 19.3 Å². The highest BCUT2D eigenvalue weighted by Crippen LogP contribution is 2.23. The van der Waals surface area contributed by atoms with Crippen molar-refractivity contribution in [2.75, 3.05) is 0 Å². The van der Waals surface area contributed by atoms with Gasteiger partial charge in [0.1, 0.15) is 0 Å². The summed E-state index contributed by atoms with van der Waals surface area (Å²) in [5.41, 5.74) is 0. The molecule has 0 bridgehead atoms. The molecule has 14 heavy (non-hydrogen) atoms. The van der Waals surface area contributed by atoms with E-state index >= 15 is 0 Å². The van der Waals surface area contributed by atoms with Gasteiger partial charge in [-0.2, -0.15) is 13.2 Å². The largest absolute Gasteiger partial charge is 0.389 e. The first-order chi connectivity index (χ1) is 6.42. The maximum Gasteiger partial charge on any atom is 0.389 e. The lowest BCUT2D eigenvalue weighted by Crippen LogP contribution is -2.06. The van der Waals surface area contributed by atoms with Crippen molar-refractivity contribution in [3.8, 4) is 0 Å². The predicted octanol–water partition coefficient (Wildman–Crippen LogP) is 2.59. The highest BCUT2D eigenvalue weighted by atomic mass is 19.4. The maximum atomic E-state index is 11.7. The molecule has 0 atom stereocenters. The second-order valence-corrected chi connectivity index (χ2v) is 3.40. The van der Waals surface area contributed by atoms with Crippen LogP contribution in [-0.2, 0) is 0 Å². The van der Waals surface area contributed by atoms with Gasteiger partial charge in [-0.25, -0.2) is 0 Å². The summed E-state index contributed by atoms with van der Waals surface area (Å²) in [4.78, 5) is 0. The molecule has 86 valence electrons. The average Bonchev–Trinajstić information content (AvgIpc) is 2.00. The summed E-state index contributed by atoms with van der Waals surface area (Å²) in [5, 5.41) is 16.9. The van der Waals surface area contributed by atoms with Crippen LogP contribution >= 0.6 is 0 Å². The summed E-state index contributed by atoms with van der Waals surface area (Å²) in [7, 11) is 0. The Hall–Kier alpha value is -0.290. The minimum Gasteiger partial charge on any atom is -0.368 e. The molecule has 0 saturated heterocycles. The van der Waals surface area contributed by atoms with E-state index in [1.54, 1.807) is 0 Å². The lowest BCUT2D eigenvalue weighted by Gasteiger charge is -2.05. The smallest absolute Gasteiger partial charge is 0.368 e. The summed E-state index contributed by atoms with van der Waals surface area (Å²) >= 11 is 0. The molecule has 0 spiro atoms. The fraction of sp³-hybridized carbons (Fsp3) is 1.00. The molecule has 0 aromatic rings. The topological polar surface area (TPSA) is 40.5 Å². The molecule has 0 aromatic heterocycles. The van der Waals surface area contributed by atoms with Crippen LogP contribution in [0.5, 0.6) is 0 Å². The molecule has 0 heterocycles. The number of halogens is 3. The Morgan fingerprint density at radius 3 is 1.86 bits per heavy atom. The van der Waals surface area contributed by atoms with Gasteiger partial charge >= 0.3 is 6.18 Å². The third-order valence-electron chi connectivity index (χ3n) is 1.92. The van der Waals surface area contributed by atoms with Crippen molar-refractivity contribution in [2.24, 2.45) is 0 Å². The van der Waals surface area contributed by atoms with Crippen molar-refractivity contribution in [2.45, 2.75) is 57.4 Å². The predicted molar refractivity (Wildman–Crippen MR) is 46.6 cm³/mol. The zero-order valence-electron chi connectivity index (χ0n) is 8.06. The van der Waals surface area contributed by atoms with Crippen LogP contribution in [0.15, 0.2) is 0 Å². The standard InChI is InChI=1S/C9H17F3O2/c10-9(11,12)7-5-3-1-2-4-6-8(13)14/h8,13-14H,1-7H2. The van der Waals surface area contributed by atoms with E-state index in [1.165, 1.54) is 0 Å². The average molecular weight is 214 g/mol. The quantitative estimate of drug-likeness (QED) is 0.505. The minimum absolute atomic E-state index is 0.172. The lowest BCUT2D eigenvalue weighted by atomic mass is 10.1. The van der Waals surface area contributed by atoms with Crippen LogP contribution in [0.1, 0.15) is 44.9 Å². The SMILES string of the molecule is OC(O)CCCCCCCC(F)(F)F. The van der Waals surface area contributed by atoms with Gasteiger partial charge in [0.2, 0.25) is 0 Å². The summed E-state index contributed by atoms with van der Waals surface area (Å²) in [6.07, 6.45) is -2.87. The van der Waals surface area contributed by atoms with Gasteiger partial charge < -0.3 is 10.2 Å². The van der Waals surface area contributed by atoms with E-state index in [9.17, 15) is 13.2 Å². The number of aliphatic hydroxyl groups excluding tert-OH is 1. The number of unbranched alkanes of at least 4 members (excludes halogenated alkanes) is 4. The molecular formula is C9H17F3O2. The van der Waals surface area contributed by atoms with Crippen molar-refractivity contribution in [3.05, 3.63) is 0 Å². The van der Waals surface area contributed by atoms with E-state index in [4.69, 9.17) is 10.2 Å². The van der Waals surface area contributed by atoms with Crippen LogP contribution < -0.4 is 0 Å². The number of hydrogen-bond donors (Lipinski definition) is 2. The molecule has 0 aliphatic rings. The van der Waals surface area contributed by atoms with E-state index in [1.807, 2.05) is 0 Å². The number of hydrogen-bond acceptors (Lipinski definition) is 2. The van der Waals surface area contributed by atoms with E-state index in [2.05, 4.69) is 0 Å². The molecule has 0 radical (unpaired) electrons. The monoisotopic (exact) mass is 214 g/mol. The van der Waals surface area contributed by atoms with Gasteiger partial charge in [0.05, 0.1) is 0 Å². The number of aliphatic hydroxyl groups is 2. The van der Waals surface area contributed by atoms with Crippen molar-refractivity contribution in [1.82, 2.24) is 0 Å². The van der Waals surface area contributed by atoms with Crippen molar-refractivity contribution in [1.29, 1.82) is 0 Å². The highest BCUT2D eigenvalue weighted by Gasteiger charge is 2.25. The first kappa shape index (κ1) is 13.7. The summed E-state index contributed by atoms with van der Waals surface area (Å²) in [5.74, 6) is 0. The second kappa shape index (κ2) is 7.06. The highest BCUT2D eigenvalue weighted by molar-refractivity contribution is 4.52. The molecule has 5 heteroatoms. The van der Waals surface area contributed by atoms with Crippen LogP contribution in [-0.4, -0.2) is 22.7 Å². The first-order valence-electron chi connectivity index (χ1n) is 4.85. The summed E-state index contributed by atoms with van der Waals surface area (Å²) in [6, 6.07) is 0. The van der Waals surface area contributed by atoms with Crippen LogP contribution in [0, 0.1) is 0 Å². The molecule has 0 fully saturated rings. The van der Waals surface area contributed by atoms with Crippen LogP contribution in [0.2, 0.25) is 0 Å². The van der Waals surface area contributed by atoms with Gasteiger partial charge in [0.25, 0.3) is 0 Å². The molecule has 2 N–H and O–H groups in total. The number of alkyl halides is 3. The van der Waals surface area contributed by atoms with Gasteiger partial charge in [0.15, 0.2) is 6.29 Å². The third kappa shape index (κ3) is 11.7. The van der Waals surface area contributed by atoms with Gasteiger partial charge in [-0.05, 0) is 19.3 Å². The molecule has 0 saturated carbocycles. The molecule has 0 aromatic carbocycles. The van der Waals surface area contributed by atoms with Gasteiger partial charge in [-0.15, -0.1) is 0 Å². The molecule has 0 aliphatic heterocycles. The van der Waals surface area contributed by atoms with Gasteiger partial charge in [-0.1, -0.05) is 19.3 Å². The third-order valence-corrected chi connectivity index (χ3v) is 1.92. The van der Waals surface area contributed by atoms with Crippen LogP contribution in [0.25, 0.3) is 0 Å². The van der Waals surface area contributed by atoms with Crippen molar-refractivity contribution in [3.63, 3.8) is 0 Å². The molecule has 0 rings (SSSR count). The van der Waals surface area contributed by atoms with Crippen LogP contribution in [0.4, 0.5) is 13.2 Å². The van der Waals surface area contributed by atoms with Gasteiger partial charge in [-0.3, -0.25) is 0 Å². The molecule has 0 aliphatic carbocycles. The van der Waals surface area contributed by atoms with Crippen LogP contribution in [0.3, 0.4) is 0 Å². The fourth-order valence-corrected chi connectivity index (χ4v) is 1.18. The Morgan fingerprint density at radius 2 is 1.36 bits per heavy atom. The molecular weight excluding hydrogens is 197 g/mol. The first-order valence-corrected chi connectivity index (χ1v) is 4.85. The molecule has 0 amide bonds. The summed E-state index contributed by atoms with van der Waals surface area (Å²) in [6.45, 7) is 0.